The summed E-state index contributed by atoms with van der Waals surface area (Å²) in [6, 6.07) is 15.3. The Morgan fingerprint density at radius 3 is 2.29 bits per heavy atom. The first-order chi connectivity index (χ1) is 14.7. The Labute approximate surface area is 195 Å². The van der Waals surface area contributed by atoms with Crippen molar-refractivity contribution in [2.24, 2.45) is 0 Å². The Kier molecular flexibility index (Phi) is 13.9. The molecule has 6 heteroatoms. The second-order valence-electron chi connectivity index (χ2n) is 7.55. The molecule has 5 nitrogen and oxygen atoms in total. The second-order valence-corrected chi connectivity index (χ2v) is 7.55. The first-order valence-electron chi connectivity index (χ1n) is 9.81. The summed E-state index contributed by atoms with van der Waals surface area (Å²) < 4.78 is 28.1. The molecule has 2 atom stereocenters. The predicted octanol–water partition coefficient (Wildman–Crippen LogP) is 4.80. The summed E-state index contributed by atoms with van der Waals surface area (Å²) in [5.74, 6) is 1.76. The van der Waals surface area contributed by atoms with Gasteiger partial charge in [-0.25, -0.2) is 0 Å². The van der Waals surface area contributed by atoms with Crippen LogP contribution in [0.2, 0.25) is 0 Å². The minimum Gasteiger partial charge on any atom is 0 e. The van der Waals surface area contributed by atoms with Gasteiger partial charge in [-0.05, 0) is 79.3 Å². The molecule has 0 saturated carbocycles. The molecule has 4 rings (SSSR count). The van der Waals surface area contributed by atoms with Crippen LogP contribution < -0.4 is 10.1 Å². The molecule has 0 bridgehead atoms. The molecule has 0 fully saturated rings. The van der Waals surface area contributed by atoms with Gasteiger partial charge in [0, 0.05) is 29.4 Å². The monoisotopic (exact) mass is 457 g/mol. The maximum Gasteiger partial charge on any atom is 0 e. The zero-order chi connectivity index (χ0) is 22.6. The standard InChI is InChI=1S/C22H27NO.3CO.Cr/c1-22(23-15-16-7-4-3-5-8-16)12-11-17-9-6-10-18-13-19(24-2)14-20(22)21(17)18;3*1-2;/h3-5,7-8,13-14,17,23H,6,9-12,15H2,1-2H3;;;;/t17-,22+;;;;/m0..../s1. The van der Waals surface area contributed by atoms with E-state index in [0.717, 1.165) is 18.2 Å². The molecule has 1 N–H and O–H groups in total. The largest absolute Gasteiger partial charge is 0 e. The second kappa shape index (κ2) is 14.9. The minimum atomic E-state index is 0. The van der Waals surface area contributed by atoms with E-state index in [1.807, 2.05) is 0 Å². The van der Waals surface area contributed by atoms with Gasteiger partial charge in [0.25, 0.3) is 0 Å². The zero-order valence-corrected chi connectivity index (χ0v) is 19.2. The van der Waals surface area contributed by atoms with E-state index in [0.29, 0.717) is 0 Å². The maximum absolute atomic E-state index is 7.50. The Morgan fingerprint density at radius 2 is 1.68 bits per heavy atom. The normalized spacial score (nSPS) is 19.7. The summed E-state index contributed by atoms with van der Waals surface area (Å²) in [4.78, 5) is 0. The van der Waals surface area contributed by atoms with Crippen molar-refractivity contribution in [3.8, 4) is 5.75 Å². The molecule has 31 heavy (non-hydrogen) atoms. The van der Waals surface area contributed by atoms with Crippen molar-refractivity contribution in [1.29, 1.82) is 0 Å². The molecular weight excluding hydrogens is 430 g/mol. The molecule has 0 spiro atoms. The Hall–Kier alpha value is -2.05. The third kappa shape index (κ3) is 6.98. The van der Waals surface area contributed by atoms with Gasteiger partial charge in [-0.15, -0.1) is 0 Å². The van der Waals surface area contributed by atoms with E-state index in [1.54, 1.807) is 12.7 Å². The van der Waals surface area contributed by atoms with E-state index < -0.39 is 0 Å². The van der Waals surface area contributed by atoms with Crippen molar-refractivity contribution >= 4 is 0 Å². The molecule has 2 aromatic carbocycles. The molecule has 0 aromatic heterocycles. The van der Waals surface area contributed by atoms with Gasteiger partial charge in [0.05, 0.1) is 7.11 Å². The quantitative estimate of drug-likeness (QED) is 0.529. The summed E-state index contributed by atoms with van der Waals surface area (Å²) in [6.07, 6.45) is 6.36. The average molecular weight is 457 g/mol. The molecule has 0 radical (unpaired) electrons. The topological polar surface area (TPSA) is 81.0 Å². The van der Waals surface area contributed by atoms with E-state index in [-0.39, 0.29) is 22.9 Å². The van der Waals surface area contributed by atoms with Crippen LogP contribution in [0.15, 0.2) is 42.5 Å². The molecular formula is C25H27CrNO4. The van der Waals surface area contributed by atoms with Crippen molar-refractivity contribution in [2.45, 2.75) is 57.0 Å². The SMILES string of the molecule is COc1cc2c3c(c1)[C@](C)(NCc1ccccc1)CC[C@@H]3CCC2.[C-]#[O+].[C-]#[O+].[C-]#[O+].[Cr]. The first-order valence-corrected chi connectivity index (χ1v) is 9.81. The average Bonchev–Trinajstić information content (AvgIpc) is 2.84. The van der Waals surface area contributed by atoms with Crippen molar-refractivity contribution in [3.05, 3.63) is 84.7 Å². The molecule has 2 aliphatic carbocycles. The van der Waals surface area contributed by atoms with Crippen LogP contribution in [0.4, 0.5) is 0 Å². The summed E-state index contributed by atoms with van der Waals surface area (Å²) in [5.41, 5.74) is 5.99. The molecule has 0 amide bonds. The number of nitrogens with one attached hydrogen (secondary N) is 1. The third-order valence-corrected chi connectivity index (χ3v) is 5.99. The summed E-state index contributed by atoms with van der Waals surface area (Å²) in [5, 5.41) is 3.86. The number of ether oxygens (including phenoxy) is 1. The van der Waals surface area contributed by atoms with E-state index in [9.17, 15) is 0 Å². The van der Waals surface area contributed by atoms with Crippen LogP contribution in [-0.4, -0.2) is 7.11 Å². The molecule has 2 aromatic rings. The molecule has 0 aliphatic heterocycles. The Balaban J connectivity index is 0.00000119. The van der Waals surface area contributed by atoms with Gasteiger partial charge in [0.1, 0.15) is 5.75 Å². The van der Waals surface area contributed by atoms with Crippen LogP contribution in [-0.2, 0) is 49.8 Å². The van der Waals surface area contributed by atoms with Crippen LogP contribution in [0.3, 0.4) is 0 Å². The number of hydrogen-bond acceptors (Lipinski definition) is 2. The Bertz CT molecular complexity index is 849. The van der Waals surface area contributed by atoms with Gasteiger partial charge in [0.15, 0.2) is 0 Å². The molecule has 162 valence electrons. The summed E-state index contributed by atoms with van der Waals surface area (Å²) >= 11 is 0. The van der Waals surface area contributed by atoms with Gasteiger partial charge in [-0.3, -0.25) is 0 Å². The van der Waals surface area contributed by atoms with Crippen LogP contribution in [0.1, 0.15) is 60.8 Å². The number of aryl methyl sites for hydroxylation is 1. The van der Waals surface area contributed by atoms with Crippen molar-refractivity contribution in [3.63, 3.8) is 0 Å². The van der Waals surface area contributed by atoms with Gasteiger partial charge in [0.2, 0.25) is 0 Å². The zero-order valence-electron chi connectivity index (χ0n) is 17.9. The Morgan fingerprint density at radius 1 is 1.03 bits per heavy atom. The fraction of sp³-hybridized carbons (Fsp3) is 0.400. The van der Waals surface area contributed by atoms with E-state index in [2.05, 4.69) is 74.7 Å². The summed E-state index contributed by atoms with van der Waals surface area (Å²) in [7, 11) is 1.78. The molecule has 2 aliphatic rings. The van der Waals surface area contributed by atoms with Gasteiger partial charge in [-0.1, -0.05) is 30.3 Å². The number of hydrogen-bond donors (Lipinski definition) is 1. The van der Waals surface area contributed by atoms with Crippen LogP contribution in [0, 0.1) is 20.0 Å². The maximum atomic E-state index is 7.50. The van der Waals surface area contributed by atoms with Crippen molar-refractivity contribution in [2.75, 3.05) is 7.11 Å². The molecule has 0 heterocycles. The fourth-order valence-electron chi connectivity index (χ4n) is 4.59. The van der Waals surface area contributed by atoms with Crippen LogP contribution in [0.5, 0.6) is 5.75 Å². The number of benzene rings is 2. The molecule has 0 unspecified atom stereocenters. The fourth-order valence-corrected chi connectivity index (χ4v) is 4.59. The third-order valence-electron chi connectivity index (χ3n) is 5.99. The van der Waals surface area contributed by atoms with Gasteiger partial charge in [-0.2, -0.15) is 0 Å². The first kappa shape index (κ1) is 29.0. The van der Waals surface area contributed by atoms with Crippen molar-refractivity contribution in [1.82, 2.24) is 5.32 Å². The molecule has 0 saturated heterocycles. The van der Waals surface area contributed by atoms with Gasteiger partial charge >= 0.3 is 33.9 Å². The van der Waals surface area contributed by atoms with E-state index in [1.165, 1.54) is 48.8 Å². The number of methoxy groups -OCH3 is 1. The van der Waals surface area contributed by atoms with E-state index in [4.69, 9.17) is 18.7 Å². The van der Waals surface area contributed by atoms with Crippen molar-refractivity contribution < 1.29 is 36.1 Å². The smallest absolute Gasteiger partial charge is 0 e. The van der Waals surface area contributed by atoms with Gasteiger partial charge < -0.3 is 10.1 Å². The van der Waals surface area contributed by atoms with Crippen LogP contribution >= 0.6 is 0 Å². The summed E-state index contributed by atoms with van der Waals surface area (Å²) in [6.45, 7) is 16.8. The minimum absolute atomic E-state index is 0. The number of rotatable bonds is 4. The van der Waals surface area contributed by atoms with Crippen LogP contribution in [0.25, 0.3) is 0 Å². The predicted molar refractivity (Wildman–Crippen MR) is 110 cm³/mol. The van der Waals surface area contributed by atoms with E-state index >= 15 is 0 Å².